The molecule has 0 unspecified atom stereocenters. The topological polar surface area (TPSA) is 109 Å². The van der Waals surface area contributed by atoms with Crippen molar-refractivity contribution >= 4 is 41.7 Å². The maximum Gasteiger partial charge on any atom is 0.417 e. The minimum atomic E-state index is -4.65. The molecule has 0 saturated carbocycles. The summed E-state index contributed by atoms with van der Waals surface area (Å²) < 4.78 is 49.6. The molecule has 0 spiro atoms. The number of nitrogens with two attached hydrogens (primary N) is 1. The lowest BCUT2D eigenvalue weighted by Gasteiger charge is -2.14. The van der Waals surface area contributed by atoms with Gasteiger partial charge in [-0.1, -0.05) is 13.0 Å². The number of alkyl halides is 3. The Kier molecular flexibility index (Phi) is 11.7. The Hall–Kier alpha value is -2.93. The maximum atomic E-state index is 13.7. The van der Waals surface area contributed by atoms with E-state index >= 15 is 0 Å². The van der Waals surface area contributed by atoms with E-state index in [4.69, 9.17) is 10.5 Å². The zero-order valence-electron chi connectivity index (χ0n) is 19.7. The normalized spacial score (nSPS) is 12.6. The number of halogens is 3. The first-order valence-corrected chi connectivity index (χ1v) is 11.6. The van der Waals surface area contributed by atoms with Crippen molar-refractivity contribution in [1.29, 1.82) is 0 Å². The number of ether oxygens (including phenoxy) is 1. The number of amidine groups is 1. The molecule has 2 rings (SSSR count). The van der Waals surface area contributed by atoms with E-state index in [-0.39, 0.29) is 23.6 Å². The number of nitrogens with zero attached hydrogens (tertiary/aromatic N) is 3. The molecule has 5 N–H and O–H groups in total. The molecule has 2 aromatic rings. The number of anilines is 2. The third kappa shape index (κ3) is 9.68. The van der Waals surface area contributed by atoms with Crippen LogP contribution in [0.15, 0.2) is 57.5 Å². The number of hydrogen-bond acceptors (Lipinski definition) is 8. The van der Waals surface area contributed by atoms with Crippen molar-refractivity contribution in [2.45, 2.75) is 18.0 Å². The molecule has 1 heterocycles. The first-order valence-electron chi connectivity index (χ1n) is 10.8. The molecule has 1 aromatic carbocycles. The van der Waals surface area contributed by atoms with Crippen molar-refractivity contribution < 1.29 is 17.9 Å². The van der Waals surface area contributed by atoms with Gasteiger partial charge in [0.1, 0.15) is 11.7 Å². The number of nitrogen functional groups attached to an aromatic ring is 1. The molecule has 0 radical (unpaired) electrons. The van der Waals surface area contributed by atoms with Crippen LogP contribution in [0.2, 0.25) is 0 Å². The molecule has 0 saturated heterocycles. The summed E-state index contributed by atoms with van der Waals surface area (Å²) in [4.78, 5) is 13.1. The van der Waals surface area contributed by atoms with Crippen LogP contribution >= 0.6 is 11.9 Å². The number of benzene rings is 1. The van der Waals surface area contributed by atoms with Crippen molar-refractivity contribution in [2.24, 2.45) is 9.98 Å². The van der Waals surface area contributed by atoms with Gasteiger partial charge in [-0.2, -0.15) is 13.2 Å². The highest BCUT2D eigenvalue weighted by Crippen LogP contribution is 2.36. The van der Waals surface area contributed by atoms with Crippen LogP contribution in [0.25, 0.3) is 5.70 Å². The van der Waals surface area contributed by atoms with Crippen LogP contribution < -0.4 is 21.1 Å². The Bertz CT molecular complexity index is 1030. The Morgan fingerprint density at radius 2 is 2.09 bits per heavy atom. The highest BCUT2D eigenvalue weighted by atomic mass is 32.2. The molecule has 35 heavy (non-hydrogen) atoms. The third-order valence-corrected chi connectivity index (χ3v) is 5.33. The van der Waals surface area contributed by atoms with Crippen LogP contribution in [0.3, 0.4) is 0 Å². The fourth-order valence-corrected chi connectivity index (χ4v) is 3.46. The van der Waals surface area contributed by atoms with Crippen LogP contribution in [0.5, 0.6) is 0 Å². The van der Waals surface area contributed by atoms with Crippen molar-refractivity contribution in [2.75, 3.05) is 50.9 Å². The van der Waals surface area contributed by atoms with Crippen LogP contribution in [-0.4, -0.2) is 57.4 Å². The van der Waals surface area contributed by atoms with E-state index in [2.05, 4.69) is 37.0 Å². The van der Waals surface area contributed by atoms with Gasteiger partial charge >= 0.3 is 6.18 Å². The van der Waals surface area contributed by atoms with Crippen LogP contribution in [0.1, 0.15) is 18.1 Å². The van der Waals surface area contributed by atoms with Crippen molar-refractivity contribution in [3.63, 3.8) is 0 Å². The number of aliphatic imine (C=N–C) groups is 2. The first kappa shape index (κ1) is 28.3. The molecule has 0 aliphatic rings. The molecule has 8 nitrogen and oxygen atoms in total. The lowest BCUT2D eigenvalue weighted by atomic mass is 10.1. The third-order valence-electron chi connectivity index (χ3n) is 4.41. The molecule has 12 heteroatoms. The molecule has 0 bridgehead atoms. The molecule has 1 aromatic heterocycles. The monoisotopic (exact) mass is 509 g/mol. The van der Waals surface area contributed by atoms with E-state index in [1.165, 1.54) is 18.0 Å². The largest absolute Gasteiger partial charge is 0.417 e. The second-order valence-electron chi connectivity index (χ2n) is 7.08. The number of rotatable bonds is 13. The summed E-state index contributed by atoms with van der Waals surface area (Å²) in [5.74, 6) is 0.0467. The smallest absolute Gasteiger partial charge is 0.384 e. The van der Waals surface area contributed by atoms with Gasteiger partial charge in [0.2, 0.25) is 0 Å². The number of hydrogen-bond donors (Lipinski definition) is 4. The van der Waals surface area contributed by atoms with Gasteiger partial charge in [0.25, 0.3) is 0 Å². The van der Waals surface area contributed by atoms with Crippen molar-refractivity contribution in [3.8, 4) is 0 Å². The Morgan fingerprint density at radius 1 is 1.29 bits per heavy atom. The summed E-state index contributed by atoms with van der Waals surface area (Å²) in [6.45, 7) is 8.06. The fraction of sp³-hybridized carbons (Fsp3) is 0.348. The summed E-state index contributed by atoms with van der Waals surface area (Å²) in [5, 5.41) is 6.13. The first-order chi connectivity index (χ1) is 16.8. The average molecular weight is 510 g/mol. The van der Waals surface area contributed by atoms with Gasteiger partial charge < -0.3 is 21.1 Å². The zero-order valence-corrected chi connectivity index (χ0v) is 20.5. The van der Waals surface area contributed by atoms with Crippen molar-refractivity contribution in [3.05, 3.63) is 53.7 Å². The second-order valence-corrected chi connectivity index (χ2v) is 8.04. The van der Waals surface area contributed by atoms with Gasteiger partial charge in [-0.25, -0.2) is 4.98 Å². The van der Waals surface area contributed by atoms with Gasteiger partial charge in [0.15, 0.2) is 0 Å². The molecule has 0 aliphatic carbocycles. The molecular weight excluding hydrogens is 479 g/mol. The summed E-state index contributed by atoms with van der Waals surface area (Å²) in [5.41, 5.74) is 4.94. The van der Waals surface area contributed by atoms with Crippen molar-refractivity contribution in [1.82, 2.24) is 15.0 Å². The van der Waals surface area contributed by atoms with E-state index < -0.39 is 11.7 Å². The number of nitrogens with one attached hydrogen (secondary N) is 3. The standard InChI is InChI=1S/C23H30F3N7OS/c1-4-32-35-17-7-5-6-16(12-17)33-22(30-9-11-34-10-8-28-2)14-20(29-3)18-15-31-21(27)13-19(18)23(24,25)26/h5-7,12-15,28,32H,3-4,8-11H2,1-2H3,(H2,27,31)(H,30,33)/b20-14-. The minimum absolute atomic E-state index is 0.0506. The Morgan fingerprint density at radius 3 is 2.77 bits per heavy atom. The van der Waals surface area contributed by atoms with E-state index in [1.807, 2.05) is 38.2 Å². The lowest BCUT2D eigenvalue weighted by Crippen LogP contribution is -2.16. The van der Waals surface area contributed by atoms with E-state index in [1.54, 1.807) is 0 Å². The Labute approximate surface area is 207 Å². The van der Waals surface area contributed by atoms with Crippen LogP contribution in [0.4, 0.5) is 24.7 Å². The summed E-state index contributed by atoms with van der Waals surface area (Å²) in [7, 11) is 1.82. The minimum Gasteiger partial charge on any atom is -0.384 e. The number of likely N-dealkylation sites (N-methyl/N-ethyl adjacent to an activating group) is 1. The predicted octanol–water partition coefficient (Wildman–Crippen LogP) is 4.09. The SMILES string of the molecule is C=N/C(=C\C(=NCCOCCNC)Nc1cccc(SNCC)c1)c1cnc(N)cc1C(F)(F)F. The van der Waals surface area contributed by atoms with E-state index in [9.17, 15) is 13.2 Å². The van der Waals surface area contributed by atoms with Crippen LogP contribution in [0, 0.1) is 0 Å². The van der Waals surface area contributed by atoms with Gasteiger partial charge in [0, 0.05) is 41.5 Å². The van der Waals surface area contributed by atoms with Crippen LogP contribution in [-0.2, 0) is 10.9 Å². The molecule has 0 atom stereocenters. The van der Waals surface area contributed by atoms with E-state index in [0.717, 1.165) is 23.7 Å². The van der Waals surface area contributed by atoms with Gasteiger partial charge in [-0.15, -0.1) is 0 Å². The van der Waals surface area contributed by atoms with E-state index in [0.29, 0.717) is 31.3 Å². The quantitative estimate of drug-likeness (QED) is 0.139. The number of aromatic nitrogens is 1. The fourth-order valence-electron chi connectivity index (χ4n) is 2.82. The number of pyridine rings is 1. The molecule has 0 aliphatic heterocycles. The highest BCUT2D eigenvalue weighted by Gasteiger charge is 2.34. The summed E-state index contributed by atoms with van der Waals surface area (Å²) in [6, 6.07) is 8.30. The molecule has 0 fully saturated rings. The molecular formula is C23H30F3N7OS. The predicted molar refractivity (Wildman–Crippen MR) is 138 cm³/mol. The second kappa shape index (κ2) is 14.5. The van der Waals surface area contributed by atoms with Gasteiger partial charge in [0.05, 0.1) is 31.0 Å². The summed E-state index contributed by atoms with van der Waals surface area (Å²) in [6.07, 6.45) is -2.22. The van der Waals surface area contributed by atoms with Gasteiger partial charge in [-0.05, 0) is 50.0 Å². The Balaban J connectivity index is 2.39. The average Bonchev–Trinajstić information content (AvgIpc) is 2.83. The van der Waals surface area contributed by atoms with Gasteiger partial charge in [-0.3, -0.25) is 14.7 Å². The lowest BCUT2D eigenvalue weighted by molar-refractivity contribution is -0.137. The molecule has 190 valence electrons. The maximum absolute atomic E-state index is 13.7. The summed E-state index contributed by atoms with van der Waals surface area (Å²) >= 11 is 1.47. The highest BCUT2D eigenvalue weighted by molar-refractivity contribution is 7.97. The molecule has 0 amide bonds. The zero-order chi connectivity index (χ0) is 25.7.